The Kier molecular flexibility index (Phi) is 3.04. The number of aromatic nitrogens is 4. The van der Waals surface area contributed by atoms with Crippen molar-refractivity contribution in [3.63, 3.8) is 0 Å². The van der Waals surface area contributed by atoms with Crippen LogP contribution in [0.4, 0.5) is 10.3 Å². The second-order valence-corrected chi connectivity index (χ2v) is 4.67. The fraction of sp³-hybridized carbons (Fsp3) is 0.545. The number of imidazole rings is 1. The molecule has 1 saturated heterocycles. The van der Waals surface area contributed by atoms with Gasteiger partial charge in [-0.1, -0.05) is 0 Å². The zero-order chi connectivity index (χ0) is 14.4. The number of aliphatic hydroxyl groups excluding tert-OH is 2. The van der Waals surface area contributed by atoms with Crippen molar-refractivity contribution in [2.75, 3.05) is 12.3 Å². The highest BCUT2D eigenvalue weighted by molar-refractivity contribution is 5.74. The first-order valence-electron chi connectivity index (χ1n) is 6.08. The minimum atomic E-state index is -1.69. The molecule has 0 spiro atoms. The van der Waals surface area contributed by atoms with Gasteiger partial charge in [0.05, 0.1) is 18.6 Å². The average molecular weight is 283 g/mol. The summed E-state index contributed by atoms with van der Waals surface area (Å²) in [7, 11) is 0. The number of ether oxygens (including phenoxy) is 1. The molecule has 0 aromatic carbocycles. The number of rotatable bonds is 2. The van der Waals surface area contributed by atoms with Gasteiger partial charge in [-0.15, -0.1) is 0 Å². The molecule has 1 aliphatic rings. The van der Waals surface area contributed by atoms with Crippen LogP contribution < -0.4 is 5.73 Å². The fourth-order valence-corrected chi connectivity index (χ4v) is 2.34. The number of fused-ring (bicyclic) bond motifs is 1. The molecule has 4 N–H and O–H groups in total. The standard InChI is InChI=1S/C11H14FN5O3/c1-4-7-9(16-11(13)15-4)17(3-14-7)10-6(12)8(19)5(2-18)20-10/h3,5-6,8,10,18-19H,2H2,1H3,(H2,13,15,16). The molecule has 2 aromatic rings. The van der Waals surface area contributed by atoms with E-state index in [0.717, 1.165) is 0 Å². The lowest BCUT2D eigenvalue weighted by molar-refractivity contribution is -0.0459. The Labute approximate surface area is 113 Å². The number of hydrogen-bond acceptors (Lipinski definition) is 7. The molecule has 0 bridgehead atoms. The van der Waals surface area contributed by atoms with E-state index in [1.165, 1.54) is 10.9 Å². The van der Waals surface area contributed by atoms with E-state index in [2.05, 4.69) is 15.0 Å². The Hall–Kier alpha value is -1.84. The number of nitrogens with two attached hydrogens (primary N) is 1. The SMILES string of the molecule is Cc1nc(N)nc2c1ncn2C1OC(CO)C(O)C1F. The molecule has 1 fully saturated rings. The van der Waals surface area contributed by atoms with Crippen LogP contribution in [0.25, 0.3) is 11.2 Å². The third-order valence-electron chi connectivity index (χ3n) is 3.36. The van der Waals surface area contributed by atoms with Gasteiger partial charge in [0, 0.05) is 0 Å². The topological polar surface area (TPSA) is 119 Å². The highest BCUT2D eigenvalue weighted by atomic mass is 19.1. The second-order valence-electron chi connectivity index (χ2n) is 4.67. The molecule has 3 rings (SSSR count). The number of halogens is 1. The quantitative estimate of drug-likeness (QED) is 0.667. The molecular weight excluding hydrogens is 269 g/mol. The molecule has 3 heterocycles. The number of nitrogens with zero attached hydrogens (tertiary/aromatic N) is 4. The minimum absolute atomic E-state index is 0.0458. The van der Waals surface area contributed by atoms with Gasteiger partial charge in [0.25, 0.3) is 0 Å². The summed E-state index contributed by atoms with van der Waals surface area (Å²) in [6, 6.07) is 0. The van der Waals surface area contributed by atoms with E-state index in [1.807, 2.05) is 0 Å². The van der Waals surface area contributed by atoms with E-state index >= 15 is 0 Å². The largest absolute Gasteiger partial charge is 0.394 e. The summed E-state index contributed by atoms with van der Waals surface area (Å²) in [5.74, 6) is 0.0458. The predicted octanol–water partition coefficient (Wildman–Crippen LogP) is -0.694. The maximum atomic E-state index is 14.1. The summed E-state index contributed by atoms with van der Waals surface area (Å²) in [5.41, 5.74) is 6.96. The monoisotopic (exact) mass is 283 g/mol. The van der Waals surface area contributed by atoms with Crippen molar-refractivity contribution in [2.45, 2.75) is 31.5 Å². The van der Waals surface area contributed by atoms with Gasteiger partial charge in [0.1, 0.15) is 17.7 Å². The van der Waals surface area contributed by atoms with E-state index in [9.17, 15) is 9.50 Å². The van der Waals surface area contributed by atoms with Crippen molar-refractivity contribution in [1.82, 2.24) is 19.5 Å². The Balaban J connectivity index is 2.07. The highest BCUT2D eigenvalue weighted by Crippen LogP contribution is 2.33. The first kappa shape index (κ1) is 13.2. The molecule has 1 aliphatic heterocycles. The molecule has 108 valence electrons. The third-order valence-corrected chi connectivity index (χ3v) is 3.36. The molecule has 0 aliphatic carbocycles. The van der Waals surface area contributed by atoms with Gasteiger partial charge in [0.2, 0.25) is 5.95 Å². The molecule has 2 aromatic heterocycles. The number of nitrogen functional groups attached to an aromatic ring is 1. The summed E-state index contributed by atoms with van der Waals surface area (Å²) in [6.45, 7) is 1.24. The smallest absolute Gasteiger partial charge is 0.222 e. The van der Waals surface area contributed by atoms with Gasteiger partial charge < -0.3 is 20.7 Å². The van der Waals surface area contributed by atoms with Crippen molar-refractivity contribution in [3.8, 4) is 0 Å². The normalized spacial score (nSPS) is 30.2. The molecule has 0 radical (unpaired) electrons. The Morgan fingerprint density at radius 2 is 2.25 bits per heavy atom. The summed E-state index contributed by atoms with van der Waals surface area (Å²) < 4.78 is 20.8. The average Bonchev–Trinajstić information content (AvgIpc) is 2.93. The van der Waals surface area contributed by atoms with Crippen molar-refractivity contribution >= 4 is 17.1 Å². The number of aliphatic hydroxyl groups is 2. The zero-order valence-electron chi connectivity index (χ0n) is 10.6. The maximum absolute atomic E-state index is 14.1. The third kappa shape index (κ3) is 1.82. The van der Waals surface area contributed by atoms with Gasteiger partial charge in [-0.25, -0.2) is 14.4 Å². The fourth-order valence-electron chi connectivity index (χ4n) is 2.34. The Morgan fingerprint density at radius 1 is 1.50 bits per heavy atom. The van der Waals surface area contributed by atoms with Gasteiger partial charge in [-0.2, -0.15) is 4.98 Å². The van der Waals surface area contributed by atoms with Gasteiger partial charge in [-0.05, 0) is 6.92 Å². The van der Waals surface area contributed by atoms with E-state index in [0.29, 0.717) is 16.9 Å². The lowest BCUT2D eigenvalue weighted by Gasteiger charge is -2.15. The van der Waals surface area contributed by atoms with E-state index < -0.39 is 31.2 Å². The van der Waals surface area contributed by atoms with Crippen LogP contribution in [-0.2, 0) is 4.74 Å². The van der Waals surface area contributed by atoms with Crippen LogP contribution in [0.1, 0.15) is 11.9 Å². The van der Waals surface area contributed by atoms with Crippen LogP contribution in [-0.4, -0.2) is 54.7 Å². The molecule has 4 unspecified atom stereocenters. The number of hydrogen-bond donors (Lipinski definition) is 3. The van der Waals surface area contributed by atoms with Crippen LogP contribution in [0.5, 0.6) is 0 Å². The summed E-state index contributed by atoms with van der Waals surface area (Å²) in [5, 5.41) is 18.7. The molecule has 0 saturated carbocycles. The lowest BCUT2D eigenvalue weighted by atomic mass is 10.1. The molecule has 20 heavy (non-hydrogen) atoms. The van der Waals surface area contributed by atoms with Crippen molar-refractivity contribution in [2.24, 2.45) is 0 Å². The van der Waals surface area contributed by atoms with Crippen molar-refractivity contribution in [3.05, 3.63) is 12.0 Å². The summed E-state index contributed by atoms with van der Waals surface area (Å²) >= 11 is 0. The van der Waals surface area contributed by atoms with E-state index in [1.54, 1.807) is 6.92 Å². The van der Waals surface area contributed by atoms with Crippen molar-refractivity contribution in [1.29, 1.82) is 0 Å². The van der Waals surface area contributed by atoms with Gasteiger partial charge in [0.15, 0.2) is 18.0 Å². The Morgan fingerprint density at radius 3 is 2.90 bits per heavy atom. The molecule has 4 atom stereocenters. The van der Waals surface area contributed by atoms with E-state index in [4.69, 9.17) is 15.6 Å². The van der Waals surface area contributed by atoms with Gasteiger partial charge >= 0.3 is 0 Å². The molecule has 8 nitrogen and oxygen atoms in total. The number of anilines is 1. The second kappa shape index (κ2) is 4.62. The van der Waals surface area contributed by atoms with Crippen LogP contribution in [0.15, 0.2) is 6.33 Å². The van der Waals surface area contributed by atoms with Crippen LogP contribution >= 0.6 is 0 Å². The minimum Gasteiger partial charge on any atom is -0.394 e. The molecule has 9 heteroatoms. The maximum Gasteiger partial charge on any atom is 0.222 e. The summed E-state index contributed by atoms with van der Waals surface area (Å²) in [4.78, 5) is 12.1. The van der Waals surface area contributed by atoms with Crippen LogP contribution in [0.2, 0.25) is 0 Å². The highest BCUT2D eigenvalue weighted by Gasteiger charge is 2.45. The molecular formula is C11H14FN5O3. The van der Waals surface area contributed by atoms with Crippen LogP contribution in [0, 0.1) is 6.92 Å². The number of aryl methyl sites for hydroxylation is 1. The lowest BCUT2D eigenvalue weighted by Crippen LogP contribution is -2.30. The van der Waals surface area contributed by atoms with Gasteiger partial charge in [-0.3, -0.25) is 4.57 Å². The van der Waals surface area contributed by atoms with Crippen LogP contribution in [0.3, 0.4) is 0 Å². The van der Waals surface area contributed by atoms with Crippen molar-refractivity contribution < 1.29 is 19.3 Å². The first-order chi connectivity index (χ1) is 9.52. The van der Waals surface area contributed by atoms with E-state index in [-0.39, 0.29) is 5.95 Å². The molecule has 0 amide bonds. The predicted molar refractivity (Wildman–Crippen MR) is 66.4 cm³/mol. The zero-order valence-corrected chi connectivity index (χ0v) is 10.6. The summed E-state index contributed by atoms with van der Waals surface area (Å²) in [6.07, 6.45) is -3.83. The number of alkyl halides is 1. The Bertz CT molecular complexity index is 648. The first-order valence-corrected chi connectivity index (χ1v) is 6.08.